The molecule has 17 heavy (non-hydrogen) atoms. The highest BCUT2D eigenvalue weighted by atomic mass is 32.1. The Labute approximate surface area is 108 Å². The number of likely N-dealkylation sites (tertiary alicyclic amines) is 1. The van der Waals surface area contributed by atoms with Gasteiger partial charge in [-0.3, -0.25) is 9.69 Å². The first-order valence-corrected chi connectivity index (χ1v) is 7.20. The van der Waals surface area contributed by atoms with E-state index in [2.05, 4.69) is 18.7 Å². The molecule has 1 aromatic heterocycles. The summed E-state index contributed by atoms with van der Waals surface area (Å²) < 4.78 is 0. The predicted molar refractivity (Wildman–Crippen MR) is 72.8 cm³/mol. The van der Waals surface area contributed by atoms with Crippen molar-refractivity contribution in [3.05, 3.63) is 21.9 Å². The topological polar surface area (TPSA) is 20.3 Å². The van der Waals surface area contributed by atoms with E-state index in [1.54, 1.807) is 11.3 Å². The van der Waals surface area contributed by atoms with Gasteiger partial charge < -0.3 is 0 Å². The minimum absolute atomic E-state index is 0.285. The van der Waals surface area contributed by atoms with Crippen molar-refractivity contribution in [1.29, 1.82) is 0 Å². The van der Waals surface area contributed by atoms with Crippen LogP contribution in [0.5, 0.6) is 0 Å². The van der Waals surface area contributed by atoms with Gasteiger partial charge in [-0.25, -0.2) is 0 Å². The van der Waals surface area contributed by atoms with Crippen LogP contribution in [-0.4, -0.2) is 30.3 Å². The highest BCUT2D eigenvalue weighted by Gasteiger charge is 2.26. The van der Waals surface area contributed by atoms with Crippen molar-refractivity contribution in [3.63, 3.8) is 0 Å². The fourth-order valence-electron chi connectivity index (χ4n) is 2.42. The number of ketones is 1. The van der Waals surface area contributed by atoms with Gasteiger partial charge in [-0.05, 0) is 43.9 Å². The van der Waals surface area contributed by atoms with Crippen molar-refractivity contribution >= 4 is 17.1 Å². The molecule has 1 unspecified atom stereocenters. The van der Waals surface area contributed by atoms with Crippen LogP contribution < -0.4 is 0 Å². The smallest absolute Gasteiger partial charge is 0.186 e. The highest BCUT2D eigenvalue weighted by molar-refractivity contribution is 7.14. The molecular weight excluding hydrogens is 230 g/mol. The van der Waals surface area contributed by atoms with Gasteiger partial charge in [-0.15, -0.1) is 11.3 Å². The van der Waals surface area contributed by atoms with Gasteiger partial charge in [0.05, 0.1) is 11.4 Å². The van der Waals surface area contributed by atoms with Gasteiger partial charge in [0.15, 0.2) is 5.78 Å². The van der Waals surface area contributed by atoms with Crippen molar-refractivity contribution in [1.82, 2.24) is 4.90 Å². The quantitative estimate of drug-likeness (QED) is 0.766. The molecule has 2 nitrogen and oxygen atoms in total. The molecule has 0 bridgehead atoms. The zero-order chi connectivity index (χ0) is 12.4. The summed E-state index contributed by atoms with van der Waals surface area (Å²) in [5.41, 5.74) is 0. The molecular formula is C14H21NOS. The van der Waals surface area contributed by atoms with Crippen LogP contribution in [0.25, 0.3) is 0 Å². The maximum absolute atomic E-state index is 12.1. The molecule has 0 aliphatic carbocycles. The van der Waals surface area contributed by atoms with Gasteiger partial charge in [0.25, 0.3) is 0 Å². The number of hydrogen-bond acceptors (Lipinski definition) is 3. The van der Waals surface area contributed by atoms with Crippen molar-refractivity contribution in [3.8, 4) is 0 Å². The number of carbonyl (C=O) groups excluding carboxylic acids is 1. The second-order valence-electron chi connectivity index (χ2n) is 5.36. The van der Waals surface area contributed by atoms with E-state index >= 15 is 0 Å². The van der Waals surface area contributed by atoms with E-state index in [0.29, 0.717) is 6.54 Å². The number of thiophene rings is 1. The Bertz CT molecular complexity index is 397. The first-order chi connectivity index (χ1) is 8.06. The second kappa shape index (κ2) is 5.32. The lowest BCUT2D eigenvalue weighted by atomic mass is 9.95. The molecule has 1 fully saturated rings. The molecule has 1 atom stereocenters. The fourth-order valence-corrected chi connectivity index (χ4v) is 3.21. The Morgan fingerprint density at radius 1 is 1.53 bits per heavy atom. The summed E-state index contributed by atoms with van der Waals surface area (Å²) in [6, 6.07) is 3.98. The average Bonchev–Trinajstić information content (AvgIpc) is 2.86. The van der Waals surface area contributed by atoms with E-state index in [4.69, 9.17) is 0 Å². The van der Waals surface area contributed by atoms with Crippen LogP contribution in [-0.2, 0) is 0 Å². The summed E-state index contributed by atoms with van der Waals surface area (Å²) in [6.45, 7) is 9.37. The van der Waals surface area contributed by atoms with E-state index in [0.717, 1.165) is 29.8 Å². The number of Topliss-reactive ketones (excluding diaryl/α,β-unsaturated/α-hetero) is 1. The zero-order valence-electron chi connectivity index (χ0n) is 10.9. The molecule has 2 heterocycles. The van der Waals surface area contributed by atoms with E-state index in [9.17, 15) is 4.79 Å². The third-order valence-electron chi connectivity index (χ3n) is 3.63. The van der Waals surface area contributed by atoms with Crippen molar-refractivity contribution in [2.45, 2.75) is 27.2 Å². The molecule has 1 aliphatic rings. The molecule has 0 radical (unpaired) electrons. The van der Waals surface area contributed by atoms with Crippen LogP contribution in [0.15, 0.2) is 12.1 Å². The molecule has 1 aromatic rings. The van der Waals surface area contributed by atoms with Gasteiger partial charge in [0.1, 0.15) is 0 Å². The van der Waals surface area contributed by atoms with Gasteiger partial charge in [-0.1, -0.05) is 13.8 Å². The van der Waals surface area contributed by atoms with Gasteiger partial charge in [-0.2, -0.15) is 0 Å². The van der Waals surface area contributed by atoms with Gasteiger partial charge >= 0.3 is 0 Å². The van der Waals surface area contributed by atoms with Crippen molar-refractivity contribution in [2.75, 3.05) is 19.6 Å². The number of aryl methyl sites for hydroxylation is 1. The Balaban J connectivity index is 1.88. The molecule has 94 valence electrons. The fraction of sp³-hybridized carbons (Fsp3) is 0.643. The van der Waals surface area contributed by atoms with E-state index in [-0.39, 0.29) is 5.78 Å². The van der Waals surface area contributed by atoms with Crippen LogP contribution in [0, 0.1) is 18.8 Å². The van der Waals surface area contributed by atoms with Crippen molar-refractivity contribution < 1.29 is 4.79 Å². The number of rotatable bonds is 4. The number of hydrogen-bond donors (Lipinski definition) is 0. The maximum atomic E-state index is 12.1. The van der Waals surface area contributed by atoms with Crippen molar-refractivity contribution in [2.24, 2.45) is 11.8 Å². The van der Waals surface area contributed by atoms with Crippen LogP contribution in [0.1, 0.15) is 34.8 Å². The molecule has 0 aromatic carbocycles. The normalized spacial score (nSPS) is 21.3. The predicted octanol–water partition coefficient (Wildman–Crippen LogP) is 3.22. The number of nitrogens with zero attached hydrogens (tertiary/aromatic N) is 1. The van der Waals surface area contributed by atoms with Crippen LogP contribution in [0.4, 0.5) is 0 Å². The standard InChI is InChI=1S/C14H21NOS/c1-10(2)12-6-7-15(8-12)9-13(16)14-5-4-11(3)17-14/h4-5,10,12H,6-9H2,1-3H3. The Kier molecular flexibility index (Phi) is 4.00. The molecule has 0 N–H and O–H groups in total. The van der Waals surface area contributed by atoms with Gasteiger partial charge in [0, 0.05) is 11.4 Å². The molecule has 1 aliphatic heterocycles. The summed E-state index contributed by atoms with van der Waals surface area (Å²) in [4.78, 5) is 16.5. The molecule has 0 saturated carbocycles. The van der Waals surface area contributed by atoms with Crippen LogP contribution >= 0.6 is 11.3 Å². The maximum Gasteiger partial charge on any atom is 0.186 e. The lowest BCUT2D eigenvalue weighted by molar-refractivity contribution is 0.0946. The van der Waals surface area contributed by atoms with Gasteiger partial charge in [0.2, 0.25) is 0 Å². The lowest BCUT2D eigenvalue weighted by Gasteiger charge is -2.16. The second-order valence-corrected chi connectivity index (χ2v) is 6.65. The summed E-state index contributed by atoms with van der Waals surface area (Å²) in [6.07, 6.45) is 1.24. The largest absolute Gasteiger partial charge is 0.295 e. The summed E-state index contributed by atoms with van der Waals surface area (Å²) >= 11 is 1.61. The third kappa shape index (κ3) is 3.17. The average molecular weight is 251 g/mol. The molecule has 1 saturated heterocycles. The summed E-state index contributed by atoms with van der Waals surface area (Å²) in [5.74, 6) is 1.79. The third-order valence-corrected chi connectivity index (χ3v) is 4.68. The first-order valence-electron chi connectivity index (χ1n) is 6.38. The molecule has 3 heteroatoms. The first kappa shape index (κ1) is 12.8. The van der Waals surface area contributed by atoms with Crippen LogP contribution in [0.2, 0.25) is 0 Å². The van der Waals surface area contributed by atoms with E-state index in [1.165, 1.54) is 11.3 Å². The number of carbonyl (C=O) groups is 1. The monoisotopic (exact) mass is 251 g/mol. The Morgan fingerprint density at radius 2 is 2.29 bits per heavy atom. The molecule has 0 spiro atoms. The minimum atomic E-state index is 0.285. The Morgan fingerprint density at radius 3 is 2.82 bits per heavy atom. The molecule has 2 rings (SSSR count). The summed E-state index contributed by atoms with van der Waals surface area (Å²) in [7, 11) is 0. The lowest BCUT2D eigenvalue weighted by Crippen LogP contribution is -2.28. The highest BCUT2D eigenvalue weighted by Crippen LogP contribution is 2.24. The van der Waals surface area contributed by atoms with E-state index in [1.807, 2.05) is 19.1 Å². The van der Waals surface area contributed by atoms with Crippen LogP contribution in [0.3, 0.4) is 0 Å². The SMILES string of the molecule is Cc1ccc(C(=O)CN2CCC(C(C)C)C2)s1. The summed E-state index contributed by atoms with van der Waals surface area (Å²) in [5, 5.41) is 0. The zero-order valence-corrected chi connectivity index (χ0v) is 11.7. The minimum Gasteiger partial charge on any atom is -0.295 e. The molecule has 0 amide bonds. The Hall–Kier alpha value is -0.670. The van der Waals surface area contributed by atoms with E-state index < -0.39 is 0 Å².